The Morgan fingerprint density at radius 1 is 1.24 bits per heavy atom. The van der Waals surface area contributed by atoms with Crippen molar-refractivity contribution in [1.29, 1.82) is 0 Å². The van der Waals surface area contributed by atoms with Crippen molar-refractivity contribution in [1.82, 2.24) is 9.21 Å². The third kappa shape index (κ3) is 5.27. The van der Waals surface area contributed by atoms with Gasteiger partial charge in [-0.25, -0.2) is 9.00 Å². The Balaban J connectivity index is 2.04. The van der Waals surface area contributed by atoms with Crippen molar-refractivity contribution in [3.8, 4) is 0 Å². The third-order valence-corrected chi connectivity index (χ3v) is 6.96. The van der Waals surface area contributed by atoms with Crippen LogP contribution in [0, 0.1) is 0 Å². The molecule has 0 bridgehead atoms. The van der Waals surface area contributed by atoms with Crippen LogP contribution in [0.4, 0.5) is 0 Å². The van der Waals surface area contributed by atoms with Gasteiger partial charge >= 0.3 is 16.2 Å². The van der Waals surface area contributed by atoms with Crippen LogP contribution >= 0.6 is 0 Å². The maximum absolute atomic E-state index is 12.1. The summed E-state index contributed by atoms with van der Waals surface area (Å²) < 4.78 is 45.9. The van der Waals surface area contributed by atoms with Gasteiger partial charge in [0.05, 0.1) is 9.73 Å². The fourth-order valence-electron chi connectivity index (χ4n) is 2.64. The second-order valence-electron chi connectivity index (χ2n) is 6.13. The molecule has 1 aromatic heterocycles. The molecule has 1 aromatic rings. The normalized spacial score (nSPS) is 17.6. The molecule has 0 unspecified atom stereocenters. The molecule has 0 atom stereocenters. The Hall–Kier alpha value is -1.43. The molecule has 0 amide bonds. The Kier molecular flexibility index (Phi) is 5.92. The highest BCUT2D eigenvalue weighted by atomic mass is 32.3. The van der Waals surface area contributed by atoms with Crippen molar-refractivity contribution in [3.63, 3.8) is 0 Å². The van der Waals surface area contributed by atoms with Gasteiger partial charge in [0.1, 0.15) is 5.76 Å². The lowest BCUT2D eigenvalue weighted by Gasteiger charge is -2.32. The molecule has 1 fully saturated rings. The van der Waals surface area contributed by atoms with Gasteiger partial charge in [-0.2, -0.15) is 12.7 Å². The molecule has 9 nitrogen and oxygen atoms in total. The lowest BCUT2D eigenvalue weighted by molar-refractivity contribution is 0.0660. The molecule has 1 aliphatic rings. The highest BCUT2D eigenvalue weighted by molar-refractivity contribution is 8.01. The molecule has 11 heteroatoms. The summed E-state index contributed by atoms with van der Waals surface area (Å²) in [6.07, 6.45) is 3.15. The predicted octanol–water partition coefficient (Wildman–Crippen LogP) is 0.630. The van der Waals surface area contributed by atoms with Crippen LogP contribution in [0.1, 0.15) is 28.8 Å². The fraction of sp³-hybridized carbons (Fsp3) is 0.643. The van der Waals surface area contributed by atoms with Crippen LogP contribution in [-0.4, -0.2) is 71.6 Å². The molecule has 1 N–H and O–H groups in total. The first kappa shape index (κ1) is 19.9. The Bertz CT molecular complexity index is 851. The zero-order valence-corrected chi connectivity index (χ0v) is 16.1. The van der Waals surface area contributed by atoms with E-state index in [0.29, 0.717) is 31.8 Å². The second kappa shape index (κ2) is 7.44. The number of carboxylic acid groups (broad SMARTS) is 1. The van der Waals surface area contributed by atoms with E-state index >= 15 is 0 Å². The van der Waals surface area contributed by atoms with E-state index in [1.165, 1.54) is 22.9 Å². The summed E-state index contributed by atoms with van der Waals surface area (Å²) in [5.74, 6) is -0.576. The average Bonchev–Trinajstić information content (AvgIpc) is 2.88. The molecular formula is C14H23N3O6S2. The first-order valence-electron chi connectivity index (χ1n) is 7.77. The lowest BCUT2D eigenvalue weighted by Crippen LogP contribution is -2.47. The third-order valence-electron chi connectivity index (χ3n) is 3.75. The van der Waals surface area contributed by atoms with Crippen molar-refractivity contribution in [2.45, 2.75) is 19.9 Å². The number of carboxylic acids is 1. The van der Waals surface area contributed by atoms with Crippen LogP contribution in [0.3, 0.4) is 0 Å². The summed E-state index contributed by atoms with van der Waals surface area (Å²) in [5.41, 5.74) is 0.797. The standard InChI is InChI=1S/C14H23N3O6S2/c1-4-12-11(9-13(23-12)14(18)19)10-16-5-7-17(8-6-16)25(21,22)15-24(2,3)20/h9H,4-8,10H2,1-3H3,(H,18,19). The van der Waals surface area contributed by atoms with E-state index in [0.717, 1.165) is 5.56 Å². The molecule has 0 radical (unpaired) electrons. The molecule has 1 aliphatic heterocycles. The number of aromatic carboxylic acids is 1. The van der Waals surface area contributed by atoms with E-state index in [1.807, 2.05) is 11.8 Å². The predicted molar refractivity (Wildman–Crippen MR) is 93.2 cm³/mol. The number of nitrogens with zero attached hydrogens (tertiary/aromatic N) is 3. The zero-order valence-electron chi connectivity index (χ0n) is 14.5. The lowest BCUT2D eigenvalue weighted by atomic mass is 10.2. The molecule has 0 spiro atoms. The molecule has 0 saturated carbocycles. The van der Waals surface area contributed by atoms with Crippen LogP contribution in [-0.2, 0) is 32.9 Å². The van der Waals surface area contributed by atoms with Gasteiger partial charge in [-0.15, -0.1) is 0 Å². The van der Waals surface area contributed by atoms with Crippen molar-refractivity contribution in [3.05, 3.63) is 23.2 Å². The van der Waals surface area contributed by atoms with Gasteiger partial charge in [0.25, 0.3) is 0 Å². The van der Waals surface area contributed by atoms with E-state index in [4.69, 9.17) is 9.52 Å². The van der Waals surface area contributed by atoms with Gasteiger partial charge in [0.15, 0.2) is 0 Å². The minimum Gasteiger partial charge on any atom is -0.475 e. The number of aryl methyl sites for hydroxylation is 1. The summed E-state index contributed by atoms with van der Waals surface area (Å²) >= 11 is 0. The topological polar surface area (TPSA) is 120 Å². The Morgan fingerprint density at radius 3 is 2.32 bits per heavy atom. The van der Waals surface area contributed by atoms with Crippen LogP contribution in [0.2, 0.25) is 0 Å². The van der Waals surface area contributed by atoms with Crippen molar-refractivity contribution < 1.29 is 26.9 Å². The molecule has 0 aliphatic carbocycles. The summed E-state index contributed by atoms with van der Waals surface area (Å²) in [5, 5.41) is 9.03. The quantitative estimate of drug-likeness (QED) is 0.752. The molecular weight excluding hydrogens is 370 g/mol. The van der Waals surface area contributed by atoms with Crippen molar-refractivity contribution in [2.75, 3.05) is 38.7 Å². The minimum atomic E-state index is -3.90. The van der Waals surface area contributed by atoms with Gasteiger partial charge in [-0.1, -0.05) is 10.7 Å². The highest BCUT2D eigenvalue weighted by Gasteiger charge is 2.28. The smallest absolute Gasteiger partial charge is 0.371 e. The van der Waals surface area contributed by atoms with E-state index in [1.54, 1.807) is 0 Å². The van der Waals surface area contributed by atoms with Gasteiger partial charge in [-0.05, 0) is 6.07 Å². The summed E-state index contributed by atoms with van der Waals surface area (Å²) in [6, 6.07) is 1.52. The summed E-state index contributed by atoms with van der Waals surface area (Å²) in [4.78, 5) is 13.1. The number of rotatable bonds is 6. The first-order chi connectivity index (χ1) is 11.5. The monoisotopic (exact) mass is 393 g/mol. The number of hydrogen-bond acceptors (Lipinski definition) is 6. The van der Waals surface area contributed by atoms with Crippen LogP contribution in [0.15, 0.2) is 14.3 Å². The summed E-state index contributed by atoms with van der Waals surface area (Å²) in [6.45, 7) is 3.80. The van der Waals surface area contributed by atoms with E-state index in [9.17, 15) is 17.4 Å². The Labute approximate surface area is 148 Å². The van der Waals surface area contributed by atoms with Gasteiger partial charge < -0.3 is 9.52 Å². The molecule has 25 heavy (non-hydrogen) atoms. The van der Waals surface area contributed by atoms with Gasteiger partial charge in [-0.3, -0.25) is 4.90 Å². The fourth-order valence-corrected chi connectivity index (χ4v) is 5.45. The number of hydrogen-bond donors (Lipinski definition) is 1. The maximum atomic E-state index is 12.1. The SMILES string of the molecule is CCc1oc(C(=O)O)cc1CN1CCN(S(=O)(=O)N=S(C)(C)=O)CC1. The Morgan fingerprint density at radius 2 is 1.84 bits per heavy atom. The molecule has 2 heterocycles. The number of piperazine rings is 1. The molecule has 2 rings (SSSR count). The van der Waals surface area contributed by atoms with Crippen LogP contribution < -0.4 is 0 Å². The highest BCUT2D eigenvalue weighted by Crippen LogP contribution is 2.20. The van der Waals surface area contributed by atoms with Gasteiger partial charge in [0.2, 0.25) is 5.76 Å². The van der Waals surface area contributed by atoms with Crippen LogP contribution in [0.25, 0.3) is 0 Å². The zero-order chi connectivity index (χ0) is 18.8. The minimum absolute atomic E-state index is 0.0903. The first-order valence-corrected chi connectivity index (χ1v) is 11.5. The average molecular weight is 393 g/mol. The van der Waals surface area contributed by atoms with Crippen molar-refractivity contribution in [2.24, 2.45) is 3.77 Å². The summed E-state index contributed by atoms with van der Waals surface area (Å²) in [7, 11) is -6.64. The molecule has 142 valence electrons. The van der Waals surface area contributed by atoms with E-state index in [-0.39, 0.29) is 18.8 Å². The second-order valence-corrected chi connectivity index (χ2v) is 10.5. The van der Waals surface area contributed by atoms with E-state index < -0.39 is 25.9 Å². The largest absolute Gasteiger partial charge is 0.475 e. The maximum Gasteiger partial charge on any atom is 0.371 e. The molecule has 1 saturated heterocycles. The number of carbonyl (C=O) groups is 1. The van der Waals surface area contributed by atoms with Crippen molar-refractivity contribution >= 4 is 25.9 Å². The van der Waals surface area contributed by atoms with E-state index in [2.05, 4.69) is 3.77 Å². The number of furan rings is 1. The molecule has 0 aromatic carbocycles. The van der Waals surface area contributed by atoms with Crippen LogP contribution in [0.5, 0.6) is 0 Å². The van der Waals surface area contributed by atoms with Gasteiger partial charge in [0, 0.05) is 57.2 Å².